The van der Waals surface area contributed by atoms with Crippen molar-refractivity contribution in [1.82, 2.24) is 0 Å². The first-order valence-corrected chi connectivity index (χ1v) is 5.42. The molecule has 2 aromatic carbocycles. The Morgan fingerprint density at radius 1 is 1.00 bits per heavy atom. The number of phenolic OH excluding ortho intramolecular Hbond substituents is 1. The number of aromatic hydroxyl groups is 1. The van der Waals surface area contributed by atoms with Gasteiger partial charge in [-0.05, 0) is 49.2 Å². The van der Waals surface area contributed by atoms with Gasteiger partial charge < -0.3 is 5.11 Å². The quantitative estimate of drug-likeness (QED) is 0.803. The Morgan fingerprint density at radius 2 is 1.76 bits per heavy atom. The second-order valence-corrected chi connectivity index (χ2v) is 4.16. The molecule has 0 aliphatic rings. The van der Waals surface area contributed by atoms with E-state index in [2.05, 4.69) is 6.07 Å². The minimum atomic E-state index is 0.244. The Morgan fingerprint density at radius 3 is 2.47 bits per heavy atom. The summed E-state index contributed by atoms with van der Waals surface area (Å²) in [5.74, 6) is 0.244. The van der Waals surface area contributed by atoms with E-state index in [9.17, 15) is 5.11 Å². The van der Waals surface area contributed by atoms with Crippen LogP contribution in [0.25, 0.3) is 11.1 Å². The number of hydrogen-bond donors (Lipinski definition) is 1. The summed E-state index contributed by atoms with van der Waals surface area (Å²) >= 11 is 0. The van der Waals surface area contributed by atoms with Gasteiger partial charge in [-0.25, -0.2) is 0 Å². The van der Waals surface area contributed by atoms with E-state index in [1.54, 1.807) is 12.1 Å². The first kappa shape index (κ1) is 11.2. The van der Waals surface area contributed by atoms with Crippen LogP contribution in [-0.4, -0.2) is 5.11 Å². The highest BCUT2D eigenvalue weighted by atomic mass is 16.3. The maximum absolute atomic E-state index is 9.89. The normalized spacial score (nSPS) is 9.94. The molecular weight excluding hydrogens is 210 g/mol. The number of aryl methyl sites for hydroxylation is 2. The highest BCUT2D eigenvalue weighted by molar-refractivity contribution is 5.74. The van der Waals surface area contributed by atoms with Gasteiger partial charge in [-0.2, -0.15) is 5.26 Å². The Bertz CT molecular complexity index is 609. The van der Waals surface area contributed by atoms with Crippen LogP contribution in [0.4, 0.5) is 0 Å². The van der Waals surface area contributed by atoms with E-state index in [1.165, 1.54) is 0 Å². The SMILES string of the molecule is Cc1ccc(O)c(-c2cc(C#N)ccc2C)c1. The number of nitrogens with zero attached hydrogens (tertiary/aromatic N) is 1. The van der Waals surface area contributed by atoms with Gasteiger partial charge in [0.15, 0.2) is 0 Å². The third kappa shape index (κ3) is 2.14. The van der Waals surface area contributed by atoms with Crippen LogP contribution in [0.1, 0.15) is 16.7 Å². The number of rotatable bonds is 1. The van der Waals surface area contributed by atoms with Crippen LogP contribution in [0, 0.1) is 25.2 Å². The lowest BCUT2D eigenvalue weighted by molar-refractivity contribution is 0.477. The lowest BCUT2D eigenvalue weighted by Gasteiger charge is -2.09. The second-order valence-electron chi connectivity index (χ2n) is 4.16. The number of nitriles is 1. The van der Waals surface area contributed by atoms with Crippen LogP contribution in [0.5, 0.6) is 5.75 Å². The largest absolute Gasteiger partial charge is 0.507 e. The van der Waals surface area contributed by atoms with Crippen molar-refractivity contribution in [3.8, 4) is 22.9 Å². The number of benzene rings is 2. The van der Waals surface area contributed by atoms with Crippen LogP contribution in [-0.2, 0) is 0 Å². The van der Waals surface area contributed by atoms with Gasteiger partial charge in [0.05, 0.1) is 11.6 Å². The van der Waals surface area contributed by atoms with Crippen molar-refractivity contribution in [1.29, 1.82) is 5.26 Å². The summed E-state index contributed by atoms with van der Waals surface area (Å²) in [6.45, 7) is 3.95. The molecule has 0 bridgehead atoms. The maximum Gasteiger partial charge on any atom is 0.123 e. The van der Waals surface area contributed by atoms with Gasteiger partial charge >= 0.3 is 0 Å². The summed E-state index contributed by atoms with van der Waals surface area (Å²) in [4.78, 5) is 0. The fourth-order valence-corrected chi connectivity index (χ4v) is 1.85. The van der Waals surface area contributed by atoms with Crippen LogP contribution < -0.4 is 0 Å². The van der Waals surface area contributed by atoms with Gasteiger partial charge in [-0.1, -0.05) is 17.7 Å². The third-order valence-corrected chi connectivity index (χ3v) is 2.81. The van der Waals surface area contributed by atoms with Crippen LogP contribution in [0.3, 0.4) is 0 Å². The van der Waals surface area contributed by atoms with E-state index in [1.807, 2.05) is 38.1 Å². The first-order valence-electron chi connectivity index (χ1n) is 5.42. The third-order valence-electron chi connectivity index (χ3n) is 2.81. The smallest absolute Gasteiger partial charge is 0.123 e. The van der Waals surface area contributed by atoms with Gasteiger partial charge in [0.1, 0.15) is 5.75 Å². The highest BCUT2D eigenvalue weighted by Crippen LogP contribution is 2.32. The molecule has 2 heteroatoms. The van der Waals surface area contributed by atoms with Crippen LogP contribution in [0.15, 0.2) is 36.4 Å². The van der Waals surface area contributed by atoms with Crippen molar-refractivity contribution in [2.75, 3.05) is 0 Å². The molecule has 0 radical (unpaired) electrons. The molecule has 1 N–H and O–H groups in total. The lowest BCUT2D eigenvalue weighted by atomic mass is 9.96. The van der Waals surface area contributed by atoms with Gasteiger partial charge in [0, 0.05) is 5.56 Å². The molecule has 0 spiro atoms. The Hall–Kier alpha value is -2.27. The first-order chi connectivity index (χ1) is 8.11. The summed E-state index contributed by atoms with van der Waals surface area (Å²) in [6.07, 6.45) is 0. The fraction of sp³-hybridized carbons (Fsp3) is 0.133. The molecule has 0 aliphatic carbocycles. The van der Waals surface area contributed by atoms with Gasteiger partial charge in [0.2, 0.25) is 0 Å². The maximum atomic E-state index is 9.89. The summed E-state index contributed by atoms with van der Waals surface area (Å²) in [5, 5.41) is 18.8. The standard InChI is InChI=1S/C15H13NO/c1-10-3-6-15(17)14(7-10)13-8-12(9-16)5-4-11(13)2/h3-8,17H,1-2H3. The van der Waals surface area contributed by atoms with Crippen LogP contribution in [0.2, 0.25) is 0 Å². The van der Waals surface area contributed by atoms with Crippen molar-refractivity contribution < 1.29 is 5.11 Å². The molecule has 0 atom stereocenters. The molecule has 0 saturated heterocycles. The predicted molar refractivity (Wildman–Crippen MR) is 67.7 cm³/mol. The van der Waals surface area contributed by atoms with Crippen molar-refractivity contribution in [2.24, 2.45) is 0 Å². The van der Waals surface area contributed by atoms with E-state index < -0.39 is 0 Å². The molecular formula is C15H13NO. The Labute approximate surface area is 101 Å². The summed E-state index contributed by atoms with van der Waals surface area (Å²) in [7, 11) is 0. The molecule has 0 fully saturated rings. The molecule has 2 nitrogen and oxygen atoms in total. The van der Waals surface area contributed by atoms with Crippen molar-refractivity contribution >= 4 is 0 Å². The summed E-state index contributed by atoms with van der Waals surface area (Å²) in [5.41, 5.74) is 4.42. The molecule has 84 valence electrons. The average Bonchev–Trinajstić information content (AvgIpc) is 2.33. The van der Waals surface area contributed by atoms with Gasteiger partial charge in [-0.3, -0.25) is 0 Å². The molecule has 0 heterocycles. The van der Waals surface area contributed by atoms with E-state index >= 15 is 0 Å². The Balaban J connectivity index is 2.68. The van der Waals surface area contributed by atoms with E-state index in [-0.39, 0.29) is 5.75 Å². The topological polar surface area (TPSA) is 44.0 Å². The minimum Gasteiger partial charge on any atom is -0.507 e. The van der Waals surface area contributed by atoms with Gasteiger partial charge in [-0.15, -0.1) is 0 Å². The van der Waals surface area contributed by atoms with Crippen molar-refractivity contribution in [3.05, 3.63) is 53.1 Å². The Kier molecular flexibility index (Phi) is 2.84. The highest BCUT2D eigenvalue weighted by Gasteiger charge is 2.08. The summed E-state index contributed by atoms with van der Waals surface area (Å²) < 4.78 is 0. The second kappa shape index (κ2) is 4.31. The monoisotopic (exact) mass is 223 g/mol. The van der Waals surface area contributed by atoms with Crippen molar-refractivity contribution in [3.63, 3.8) is 0 Å². The molecule has 0 amide bonds. The molecule has 17 heavy (non-hydrogen) atoms. The van der Waals surface area contributed by atoms with E-state index in [4.69, 9.17) is 5.26 Å². The predicted octanol–water partition coefficient (Wildman–Crippen LogP) is 3.55. The molecule has 0 aliphatic heterocycles. The molecule has 0 saturated carbocycles. The fourth-order valence-electron chi connectivity index (χ4n) is 1.85. The number of phenols is 1. The zero-order valence-corrected chi connectivity index (χ0v) is 9.86. The average molecular weight is 223 g/mol. The zero-order valence-electron chi connectivity index (χ0n) is 9.86. The molecule has 2 aromatic rings. The molecule has 2 rings (SSSR count). The summed E-state index contributed by atoms with van der Waals surface area (Å²) in [6, 6.07) is 13.1. The van der Waals surface area contributed by atoms with Gasteiger partial charge in [0.25, 0.3) is 0 Å². The minimum absolute atomic E-state index is 0.244. The van der Waals surface area contributed by atoms with Crippen molar-refractivity contribution in [2.45, 2.75) is 13.8 Å². The lowest BCUT2D eigenvalue weighted by Crippen LogP contribution is -1.87. The van der Waals surface area contributed by atoms with E-state index in [0.29, 0.717) is 5.56 Å². The number of hydrogen-bond acceptors (Lipinski definition) is 2. The van der Waals surface area contributed by atoms with Crippen LogP contribution >= 0.6 is 0 Å². The molecule has 0 aromatic heterocycles. The zero-order chi connectivity index (χ0) is 12.4. The molecule has 0 unspecified atom stereocenters. The van der Waals surface area contributed by atoms with E-state index in [0.717, 1.165) is 22.3 Å².